The molecule has 5 nitrogen and oxygen atoms in total. The zero-order valence-corrected chi connectivity index (χ0v) is 13.3. The predicted molar refractivity (Wildman–Crippen MR) is 85.8 cm³/mol. The first-order valence-corrected chi connectivity index (χ1v) is 8.35. The van der Waals surface area contributed by atoms with E-state index in [1.165, 1.54) is 17.5 Å². The van der Waals surface area contributed by atoms with E-state index in [1.807, 2.05) is 23.1 Å². The predicted octanol–water partition coefficient (Wildman–Crippen LogP) is 1.92. The molecule has 1 saturated heterocycles. The van der Waals surface area contributed by atoms with E-state index in [1.54, 1.807) is 0 Å². The summed E-state index contributed by atoms with van der Waals surface area (Å²) in [5.41, 5.74) is 3.22. The number of rotatable bonds is 5. The van der Waals surface area contributed by atoms with Crippen LogP contribution in [0.2, 0.25) is 0 Å². The molecule has 3 rings (SSSR count). The third kappa shape index (κ3) is 3.79. The van der Waals surface area contributed by atoms with Crippen LogP contribution in [0.15, 0.2) is 18.2 Å². The minimum Gasteiger partial charge on any atom is -0.480 e. The van der Waals surface area contributed by atoms with Gasteiger partial charge in [0.1, 0.15) is 6.04 Å². The van der Waals surface area contributed by atoms with Gasteiger partial charge in [0, 0.05) is 25.1 Å². The fraction of sp³-hybridized carbons (Fsp3) is 0.556. The van der Waals surface area contributed by atoms with Gasteiger partial charge in [-0.1, -0.05) is 12.1 Å². The number of aryl methyl sites for hydroxylation is 2. The van der Waals surface area contributed by atoms with Gasteiger partial charge in [-0.3, -0.25) is 14.5 Å². The van der Waals surface area contributed by atoms with Crippen molar-refractivity contribution in [3.63, 3.8) is 0 Å². The highest BCUT2D eigenvalue weighted by Gasteiger charge is 2.29. The molecule has 1 aliphatic heterocycles. The van der Waals surface area contributed by atoms with Crippen molar-refractivity contribution in [3.05, 3.63) is 34.9 Å². The van der Waals surface area contributed by atoms with Crippen LogP contribution >= 0.6 is 0 Å². The normalized spacial score (nSPS) is 19.8. The molecule has 1 fully saturated rings. The Bertz CT molecular complexity index is 593. The first kappa shape index (κ1) is 16.1. The van der Waals surface area contributed by atoms with Crippen LogP contribution in [-0.2, 0) is 22.4 Å². The molecule has 124 valence electrons. The summed E-state index contributed by atoms with van der Waals surface area (Å²) in [4.78, 5) is 26.0. The summed E-state index contributed by atoms with van der Waals surface area (Å²) in [6, 6.07) is 5.09. The molecular weight excluding hydrogens is 294 g/mol. The van der Waals surface area contributed by atoms with Crippen LogP contribution in [0, 0.1) is 0 Å². The summed E-state index contributed by atoms with van der Waals surface area (Å²) in [5.74, 6) is -1.02. The number of nitrogens with zero attached hydrogens (tertiary/aromatic N) is 1. The van der Waals surface area contributed by atoms with Crippen molar-refractivity contribution in [2.45, 2.75) is 38.1 Å². The third-order valence-electron chi connectivity index (χ3n) is 4.82. The Hall–Kier alpha value is -1.72. The monoisotopic (exact) mass is 317 g/mol. The number of hydrogen-bond donors (Lipinski definition) is 1. The minimum absolute atomic E-state index is 0.0219. The van der Waals surface area contributed by atoms with Gasteiger partial charge in [0.25, 0.3) is 0 Å². The smallest absolute Gasteiger partial charge is 0.321 e. The van der Waals surface area contributed by atoms with Crippen molar-refractivity contribution in [2.24, 2.45) is 0 Å². The fourth-order valence-corrected chi connectivity index (χ4v) is 3.46. The van der Waals surface area contributed by atoms with Gasteiger partial charge in [0.15, 0.2) is 5.78 Å². The van der Waals surface area contributed by atoms with E-state index >= 15 is 0 Å². The molecule has 0 radical (unpaired) electrons. The van der Waals surface area contributed by atoms with Gasteiger partial charge in [-0.05, 0) is 42.9 Å². The second-order valence-corrected chi connectivity index (χ2v) is 6.32. The Kier molecular flexibility index (Phi) is 5.08. The Labute approximate surface area is 136 Å². The van der Waals surface area contributed by atoms with Gasteiger partial charge in [-0.15, -0.1) is 0 Å². The van der Waals surface area contributed by atoms with E-state index in [2.05, 4.69) is 0 Å². The van der Waals surface area contributed by atoms with Crippen LogP contribution < -0.4 is 0 Å². The molecule has 0 spiro atoms. The van der Waals surface area contributed by atoms with Crippen molar-refractivity contribution in [1.82, 2.24) is 4.90 Å². The van der Waals surface area contributed by atoms with Gasteiger partial charge < -0.3 is 9.84 Å². The second-order valence-electron chi connectivity index (χ2n) is 6.32. The van der Waals surface area contributed by atoms with Crippen LogP contribution in [0.1, 0.15) is 40.7 Å². The lowest BCUT2D eigenvalue weighted by molar-refractivity contribution is -0.144. The highest BCUT2D eigenvalue weighted by molar-refractivity contribution is 5.99. The zero-order valence-electron chi connectivity index (χ0n) is 13.3. The first-order valence-electron chi connectivity index (χ1n) is 8.35. The maximum absolute atomic E-state index is 12.6. The average Bonchev–Trinajstić information content (AvgIpc) is 2.59. The number of carboxylic acid groups (broad SMARTS) is 1. The number of morpholine rings is 1. The van der Waals surface area contributed by atoms with E-state index in [4.69, 9.17) is 4.74 Å². The van der Waals surface area contributed by atoms with E-state index in [9.17, 15) is 14.7 Å². The average molecular weight is 317 g/mol. The number of carbonyl (C=O) groups excluding carboxylic acids is 1. The molecule has 1 atom stereocenters. The Balaban J connectivity index is 1.72. The molecule has 1 aliphatic carbocycles. The molecule has 0 bridgehead atoms. The number of fused-ring (bicyclic) bond motifs is 1. The molecular formula is C18H23NO4. The van der Waals surface area contributed by atoms with Gasteiger partial charge >= 0.3 is 5.97 Å². The third-order valence-corrected chi connectivity index (χ3v) is 4.82. The van der Waals surface area contributed by atoms with Gasteiger partial charge in [0.05, 0.1) is 13.2 Å². The van der Waals surface area contributed by atoms with Crippen molar-refractivity contribution < 1.29 is 19.4 Å². The quantitative estimate of drug-likeness (QED) is 0.841. The molecule has 1 aromatic carbocycles. The van der Waals surface area contributed by atoms with Crippen molar-refractivity contribution in [1.29, 1.82) is 0 Å². The lowest BCUT2D eigenvalue weighted by Gasteiger charge is -2.31. The van der Waals surface area contributed by atoms with Gasteiger partial charge in [-0.25, -0.2) is 0 Å². The highest BCUT2D eigenvalue weighted by Crippen LogP contribution is 2.23. The van der Waals surface area contributed by atoms with E-state index in [0.29, 0.717) is 31.9 Å². The van der Waals surface area contributed by atoms with Gasteiger partial charge in [-0.2, -0.15) is 0 Å². The minimum atomic E-state index is -0.932. The molecule has 1 aromatic rings. The Morgan fingerprint density at radius 1 is 1.13 bits per heavy atom. The number of Topliss-reactive ketones (excluding diaryl/α,β-unsaturated/α-hetero) is 1. The summed E-state index contributed by atoms with van der Waals surface area (Å²) < 4.78 is 5.26. The van der Waals surface area contributed by atoms with E-state index in [0.717, 1.165) is 19.3 Å². The SMILES string of the molecule is O=C(CC(C(=O)O)N1CCOCC1)c1ccc2c(c1)CCCC2. The zero-order chi connectivity index (χ0) is 16.2. The van der Waals surface area contributed by atoms with Crippen LogP contribution in [-0.4, -0.2) is 54.1 Å². The van der Waals surface area contributed by atoms with Crippen LogP contribution in [0.5, 0.6) is 0 Å². The van der Waals surface area contributed by atoms with Crippen LogP contribution in [0.3, 0.4) is 0 Å². The fourth-order valence-electron chi connectivity index (χ4n) is 3.46. The Morgan fingerprint density at radius 2 is 1.83 bits per heavy atom. The molecule has 0 aromatic heterocycles. The molecule has 1 N–H and O–H groups in total. The summed E-state index contributed by atoms with van der Waals surface area (Å²) in [5, 5.41) is 9.48. The standard InChI is InChI=1S/C18H23NO4/c20-17(12-16(18(21)22)19-7-9-23-10-8-19)15-6-5-13-3-1-2-4-14(13)11-15/h5-6,11,16H,1-4,7-10,12H2,(H,21,22). The number of ether oxygens (including phenoxy) is 1. The lowest BCUT2D eigenvalue weighted by atomic mass is 9.89. The van der Waals surface area contributed by atoms with Crippen molar-refractivity contribution >= 4 is 11.8 Å². The molecule has 5 heteroatoms. The summed E-state index contributed by atoms with van der Waals surface area (Å²) >= 11 is 0. The summed E-state index contributed by atoms with van der Waals surface area (Å²) in [6.45, 7) is 2.18. The van der Waals surface area contributed by atoms with Crippen molar-refractivity contribution in [2.75, 3.05) is 26.3 Å². The van der Waals surface area contributed by atoms with Gasteiger partial charge in [0.2, 0.25) is 0 Å². The number of carboxylic acids is 1. The molecule has 2 aliphatic rings. The van der Waals surface area contributed by atoms with Crippen molar-refractivity contribution in [3.8, 4) is 0 Å². The largest absolute Gasteiger partial charge is 0.480 e. The van der Waals surface area contributed by atoms with Crippen LogP contribution in [0.25, 0.3) is 0 Å². The molecule has 1 unspecified atom stereocenters. The van der Waals surface area contributed by atoms with Crippen LogP contribution in [0.4, 0.5) is 0 Å². The number of ketones is 1. The highest BCUT2D eigenvalue weighted by atomic mass is 16.5. The Morgan fingerprint density at radius 3 is 2.52 bits per heavy atom. The second kappa shape index (κ2) is 7.23. The number of benzene rings is 1. The molecule has 1 heterocycles. The lowest BCUT2D eigenvalue weighted by Crippen LogP contribution is -2.48. The first-order chi connectivity index (χ1) is 11.1. The summed E-state index contributed by atoms with van der Waals surface area (Å²) in [7, 11) is 0. The molecule has 0 amide bonds. The molecule has 0 saturated carbocycles. The van der Waals surface area contributed by atoms with E-state index in [-0.39, 0.29) is 12.2 Å². The number of hydrogen-bond acceptors (Lipinski definition) is 4. The maximum atomic E-state index is 12.6. The molecule has 23 heavy (non-hydrogen) atoms. The topological polar surface area (TPSA) is 66.8 Å². The number of carbonyl (C=O) groups is 2. The van der Waals surface area contributed by atoms with E-state index < -0.39 is 12.0 Å². The number of aliphatic carboxylic acids is 1. The maximum Gasteiger partial charge on any atom is 0.321 e. The summed E-state index contributed by atoms with van der Waals surface area (Å²) in [6.07, 6.45) is 4.49.